The predicted molar refractivity (Wildman–Crippen MR) is 87.9 cm³/mol. The molecule has 0 saturated heterocycles. The molecular formula is C17H22N4O2. The number of nitrogens with zero attached hydrogens (tertiary/aromatic N) is 2. The maximum Gasteiger partial charge on any atom is 0.271 e. The fourth-order valence-electron chi connectivity index (χ4n) is 2.55. The Hall–Kier alpha value is -2.34. The zero-order valence-electron chi connectivity index (χ0n) is 13.5. The summed E-state index contributed by atoms with van der Waals surface area (Å²) in [7, 11) is 1.62. The standard InChI is InChI=1S/C17H22N4O2/c1-11-3-6-16(23-2)15(9-11)21-8-7-14(20-21)17(22)19-10-13(18)12-4-5-12/h3,6-9,12-13H,4-5,10,18H2,1-2H3,(H,19,22). The maximum atomic E-state index is 12.2. The van der Waals surface area contributed by atoms with Crippen LogP contribution in [0.5, 0.6) is 5.75 Å². The summed E-state index contributed by atoms with van der Waals surface area (Å²) in [6, 6.07) is 7.56. The summed E-state index contributed by atoms with van der Waals surface area (Å²) in [5.74, 6) is 1.07. The highest BCUT2D eigenvalue weighted by molar-refractivity contribution is 5.92. The number of hydrogen-bond acceptors (Lipinski definition) is 4. The molecule has 6 nitrogen and oxygen atoms in total. The number of aromatic nitrogens is 2. The van der Waals surface area contributed by atoms with Crippen LogP contribution in [-0.2, 0) is 0 Å². The van der Waals surface area contributed by atoms with Crippen molar-refractivity contribution in [3.05, 3.63) is 41.7 Å². The van der Waals surface area contributed by atoms with Crippen LogP contribution in [0.2, 0.25) is 0 Å². The third-order valence-electron chi connectivity index (χ3n) is 4.13. The van der Waals surface area contributed by atoms with E-state index in [2.05, 4.69) is 10.4 Å². The van der Waals surface area contributed by atoms with Crippen LogP contribution >= 0.6 is 0 Å². The summed E-state index contributed by atoms with van der Waals surface area (Å²) < 4.78 is 7.01. The number of hydrogen-bond donors (Lipinski definition) is 2. The molecule has 1 fully saturated rings. The lowest BCUT2D eigenvalue weighted by atomic mass is 10.2. The monoisotopic (exact) mass is 314 g/mol. The SMILES string of the molecule is COc1ccc(C)cc1-n1ccc(C(=O)NCC(N)C2CC2)n1. The van der Waals surface area contributed by atoms with Crippen molar-refractivity contribution < 1.29 is 9.53 Å². The molecule has 1 amide bonds. The first-order chi connectivity index (χ1) is 11.1. The molecule has 0 aliphatic heterocycles. The van der Waals surface area contributed by atoms with E-state index in [-0.39, 0.29) is 11.9 Å². The van der Waals surface area contributed by atoms with Crippen molar-refractivity contribution in [2.24, 2.45) is 11.7 Å². The molecule has 6 heteroatoms. The van der Waals surface area contributed by atoms with E-state index in [1.165, 1.54) is 12.8 Å². The van der Waals surface area contributed by atoms with Crippen LogP contribution in [0.15, 0.2) is 30.5 Å². The number of ether oxygens (including phenoxy) is 1. The molecule has 3 N–H and O–H groups in total. The molecule has 122 valence electrons. The van der Waals surface area contributed by atoms with Gasteiger partial charge >= 0.3 is 0 Å². The third-order valence-corrected chi connectivity index (χ3v) is 4.13. The Morgan fingerprint density at radius 2 is 2.26 bits per heavy atom. The van der Waals surface area contributed by atoms with Crippen molar-refractivity contribution in [1.29, 1.82) is 0 Å². The Bertz CT molecular complexity index is 706. The highest BCUT2D eigenvalue weighted by Gasteiger charge is 2.28. The molecule has 0 spiro atoms. The summed E-state index contributed by atoms with van der Waals surface area (Å²) in [4.78, 5) is 12.2. The molecule has 1 unspecified atom stereocenters. The number of nitrogens with one attached hydrogen (secondary N) is 1. The molecule has 1 saturated carbocycles. The molecule has 1 aromatic heterocycles. The molecule has 1 atom stereocenters. The zero-order valence-corrected chi connectivity index (χ0v) is 13.5. The molecule has 1 aliphatic rings. The van der Waals surface area contributed by atoms with Crippen LogP contribution in [-0.4, -0.2) is 35.4 Å². The average Bonchev–Trinajstić information content (AvgIpc) is 3.29. The Morgan fingerprint density at radius 1 is 1.48 bits per heavy atom. The molecule has 2 aromatic rings. The molecule has 0 radical (unpaired) electrons. The van der Waals surface area contributed by atoms with E-state index in [9.17, 15) is 4.79 Å². The molecular weight excluding hydrogens is 292 g/mol. The Balaban J connectivity index is 1.72. The second kappa shape index (κ2) is 6.42. The minimum absolute atomic E-state index is 0.0397. The summed E-state index contributed by atoms with van der Waals surface area (Å²) in [5.41, 5.74) is 8.27. The lowest BCUT2D eigenvalue weighted by Gasteiger charge is -2.11. The van der Waals surface area contributed by atoms with E-state index in [0.29, 0.717) is 23.9 Å². The first-order valence-electron chi connectivity index (χ1n) is 7.83. The van der Waals surface area contributed by atoms with E-state index < -0.39 is 0 Å². The summed E-state index contributed by atoms with van der Waals surface area (Å²) in [5, 5.41) is 7.21. The van der Waals surface area contributed by atoms with E-state index in [0.717, 1.165) is 11.3 Å². The highest BCUT2D eigenvalue weighted by atomic mass is 16.5. The van der Waals surface area contributed by atoms with Crippen molar-refractivity contribution in [2.45, 2.75) is 25.8 Å². The lowest BCUT2D eigenvalue weighted by molar-refractivity contribution is 0.0945. The van der Waals surface area contributed by atoms with Crippen LogP contribution in [0.1, 0.15) is 28.9 Å². The highest BCUT2D eigenvalue weighted by Crippen LogP contribution is 2.31. The lowest BCUT2D eigenvalue weighted by Crippen LogP contribution is -2.38. The van der Waals surface area contributed by atoms with Crippen molar-refractivity contribution in [2.75, 3.05) is 13.7 Å². The van der Waals surface area contributed by atoms with Gasteiger partial charge in [-0.3, -0.25) is 4.79 Å². The van der Waals surface area contributed by atoms with E-state index in [1.807, 2.05) is 25.1 Å². The molecule has 23 heavy (non-hydrogen) atoms. The van der Waals surface area contributed by atoms with Crippen molar-refractivity contribution in [3.63, 3.8) is 0 Å². The van der Waals surface area contributed by atoms with Gasteiger partial charge < -0.3 is 15.8 Å². The molecule has 1 heterocycles. The number of nitrogens with two attached hydrogens (primary N) is 1. The Labute approximate surface area is 135 Å². The molecule has 1 aromatic carbocycles. The minimum Gasteiger partial charge on any atom is -0.494 e. The van der Waals surface area contributed by atoms with Gasteiger partial charge in [0, 0.05) is 18.8 Å². The number of amides is 1. The van der Waals surface area contributed by atoms with Crippen LogP contribution in [0.25, 0.3) is 5.69 Å². The van der Waals surface area contributed by atoms with Gasteiger partial charge in [-0.2, -0.15) is 5.10 Å². The largest absolute Gasteiger partial charge is 0.494 e. The average molecular weight is 314 g/mol. The van der Waals surface area contributed by atoms with Crippen molar-refractivity contribution in [3.8, 4) is 11.4 Å². The number of rotatable bonds is 6. The van der Waals surface area contributed by atoms with Gasteiger partial charge in [0.2, 0.25) is 0 Å². The fourth-order valence-corrected chi connectivity index (χ4v) is 2.55. The summed E-state index contributed by atoms with van der Waals surface area (Å²) >= 11 is 0. The van der Waals surface area contributed by atoms with E-state index in [4.69, 9.17) is 10.5 Å². The number of carbonyl (C=O) groups is 1. The number of aryl methyl sites for hydroxylation is 1. The summed E-state index contributed by atoms with van der Waals surface area (Å²) in [6.07, 6.45) is 4.09. The molecule has 0 bridgehead atoms. The van der Waals surface area contributed by atoms with Gasteiger partial charge in [0.1, 0.15) is 11.4 Å². The van der Waals surface area contributed by atoms with Crippen LogP contribution in [0, 0.1) is 12.8 Å². The normalized spacial score (nSPS) is 15.3. The van der Waals surface area contributed by atoms with Gasteiger partial charge in [0.15, 0.2) is 5.69 Å². The van der Waals surface area contributed by atoms with Crippen LogP contribution in [0.3, 0.4) is 0 Å². The molecule has 1 aliphatic carbocycles. The third kappa shape index (κ3) is 3.53. The van der Waals surface area contributed by atoms with Gasteiger partial charge in [-0.05, 0) is 49.4 Å². The first-order valence-corrected chi connectivity index (χ1v) is 7.83. The number of methoxy groups -OCH3 is 1. The summed E-state index contributed by atoms with van der Waals surface area (Å²) in [6.45, 7) is 2.49. The van der Waals surface area contributed by atoms with Gasteiger partial charge in [-0.25, -0.2) is 4.68 Å². The second-order valence-electron chi connectivity index (χ2n) is 6.03. The van der Waals surface area contributed by atoms with E-state index in [1.54, 1.807) is 24.1 Å². The Morgan fingerprint density at radius 3 is 2.96 bits per heavy atom. The van der Waals surface area contributed by atoms with E-state index >= 15 is 0 Å². The fraction of sp³-hybridized carbons (Fsp3) is 0.412. The van der Waals surface area contributed by atoms with Crippen molar-refractivity contribution >= 4 is 5.91 Å². The van der Waals surface area contributed by atoms with Gasteiger partial charge in [-0.1, -0.05) is 6.07 Å². The van der Waals surface area contributed by atoms with Gasteiger partial charge in [0.25, 0.3) is 5.91 Å². The number of benzene rings is 1. The quantitative estimate of drug-likeness (QED) is 0.849. The second-order valence-corrected chi connectivity index (χ2v) is 6.03. The van der Waals surface area contributed by atoms with Crippen LogP contribution < -0.4 is 15.8 Å². The Kier molecular flexibility index (Phi) is 4.34. The van der Waals surface area contributed by atoms with Gasteiger partial charge in [-0.15, -0.1) is 0 Å². The number of carbonyl (C=O) groups excluding carboxylic acids is 1. The zero-order chi connectivity index (χ0) is 16.4. The topological polar surface area (TPSA) is 82.2 Å². The smallest absolute Gasteiger partial charge is 0.271 e. The van der Waals surface area contributed by atoms with Crippen LogP contribution in [0.4, 0.5) is 0 Å². The minimum atomic E-state index is -0.202. The molecule has 3 rings (SSSR count). The maximum absolute atomic E-state index is 12.2. The predicted octanol–water partition coefficient (Wildman–Crippen LogP) is 1.66. The van der Waals surface area contributed by atoms with Crippen molar-refractivity contribution in [1.82, 2.24) is 15.1 Å². The van der Waals surface area contributed by atoms with Gasteiger partial charge in [0.05, 0.1) is 7.11 Å². The first kappa shape index (κ1) is 15.6.